The van der Waals surface area contributed by atoms with Gasteiger partial charge in [-0.2, -0.15) is 4.57 Å². The summed E-state index contributed by atoms with van der Waals surface area (Å²) >= 11 is 0.808. The van der Waals surface area contributed by atoms with Crippen LogP contribution in [-0.2, 0) is 16.9 Å². The summed E-state index contributed by atoms with van der Waals surface area (Å²) in [6, 6.07) is 2.69. The second-order valence-electron chi connectivity index (χ2n) is 7.46. The van der Waals surface area contributed by atoms with Crippen LogP contribution in [0.2, 0.25) is 0 Å². The normalized spacial score (nSPS) is 14.9. The SMILES string of the molecule is CC(OC(=O)SCCO)[n+]1cnn(C[C@](O)(c2ccc(F)cc2F)[C@@H](C)c2ncncc2F)c1. The Hall–Kier alpha value is -3.03. The van der Waals surface area contributed by atoms with Crippen molar-refractivity contribution in [2.24, 2.45) is 0 Å². The highest BCUT2D eigenvalue weighted by molar-refractivity contribution is 8.13. The predicted molar refractivity (Wildman–Crippen MR) is 114 cm³/mol. The van der Waals surface area contributed by atoms with Crippen molar-refractivity contribution in [2.75, 3.05) is 12.4 Å². The van der Waals surface area contributed by atoms with Crippen LogP contribution < -0.4 is 4.57 Å². The Morgan fingerprint density at radius 2 is 2.06 bits per heavy atom. The average molecular weight is 499 g/mol. The van der Waals surface area contributed by atoms with E-state index in [0.29, 0.717) is 6.07 Å². The first-order valence-electron chi connectivity index (χ1n) is 10.2. The molecule has 2 N–H and O–H groups in total. The van der Waals surface area contributed by atoms with Crippen molar-refractivity contribution in [1.29, 1.82) is 0 Å². The molecule has 1 aromatic carbocycles. The zero-order chi connectivity index (χ0) is 24.9. The highest BCUT2D eigenvalue weighted by Gasteiger charge is 2.43. The maximum Gasteiger partial charge on any atom is 0.370 e. The van der Waals surface area contributed by atoms with Crippen molar-refractivity contribution in [3.05, 3.63) is 72.1 Å². The molecule has 34 heavy (non-hydrogen) atoms. The first kappa shape index (κ1) is 25.6. The van der Waals surface area contributed by atoms with Crippen molar-refractivity contribution in [3.63, 3.8) is 0 Å². The molecule has 1 unspecified atom stereocenters. The fraction of sp³-hybridized carbons (Fsp3) is 0.381. The molecule has 0 aliphatic carbocycles. The van der Waals surface area contributed by atoms with Crippen LogP contribution in [0.3, 0.4) is 0 Å². The summed E-state index contributed by atoms with van der Waals surface area (Å²) < 4.78 is 50.6. The number of benzene rings is 1. The van der Waals surface area contributed by atoms with E-state index in [9.17, 15) is 23.1 Å². The summed E-state index contributed by atoms with van der Waals surface area (Å²) in [7, 11) is 0. The molecule has 182 valence electrons. The monoisotopic (exact) mass is 498 g/mol. The summed E-state index contributed by atoms with van der Waals surface area (Å²) in [6.45, 7) is 2.48. The van der Waals surface area contributed by atoms with E-state index in [0.717, 1.165) is 36.4 Å². The third-order valence-electron chi connectivity index (χ3n) is 5.22. The lowest BCUT2D eigenvalue weighted by molar-refractivity contribution is -0.753. The zero-order valence-electron chi connectivity index (χ0n) is 18.3. The Balaban J connectivity index is 1.93. The van der Waals surface area contributed by atoms with Gasteiger partial charge in [0.25, 0.3) is 6.33 Å². The van der Waals surface area contributed by atoms with Gasteiger partial charge in [-0.25, -0.2) is 27.9 Å². The molecule has 3 rings (SSSR count). The van der Waals surface area contributed by atoms with Crippen LogP contribution in [0, 0.1) is 17.5 Å². The van der Waals surface area contributed by atoms with Crippen molar-refractivity contribution in [1.82, 2.24) is 19.7 Å². The first-order valence-corrected chi connectivity index (χ1v) is 11.1. The van der Waals surface area contributed by atoms with Crippen LogP contribution in [0.4, 0.5) is 18.0 Å². The molecule has 0 spiro atoms. The number of thioether (sulfide) groups is 1. The van der Waals surface area contributed by atoms with Crippen molar-refractivity contribution in [2.45, 2.75) is 38.1 Å². The minimum absolute atomic E-state index is 0.163. The van der Waals surface area contributed by atoms with E-state index in [-0.39, 0.29) is 30.2 Å². The third-order valence-corrected chi connectivity index (χ3v) is 5.94. The van der Waals surface area contributed by atoms with E-state index < -0.39 is 40.5 Å². The van der Waals surface area contributed by atoms with Crippen molar-refractivity contribution < 1.29 is 37.5 Å². The van der Waals surface area contributed by atoms with Crippen LogP contribution in [0.1, 0.15) is 37.3 Å². The fourth-order valence-corrected chi connectivity index (χ4v) is 3.85. The van der Waals surface area contributed by atoms with Gasteiger partial charge >= 0.3 is 5.30 Å². The standard InChI is InChI=1S/C21H23F3N5O4S/c1-13(19-18(24)8-25-10-26-19)21(32,16-4-3-15(22)7-17(16)23)9-29-12-28(11-27-29)14(2)33-20(31)34-6-5-30/h3-4,7-8,10-14,30,32H,5-6,9H2,1-2H3/q+1/t13-,14?,21+/m0/s1. The van der Waals surface area contributed by atoms with Crippen LogP contribution in [0.5, 0.6) is 0 Å². The van der Waals surface area contributed by atoms with Crippen LogP contribution in [0.15, 0.2) is 43.4 Å². The number of ether oxygens (including phenoxy) is 1. The molecule has 3 atom stereocenters. The molecule has 0 fully saturated rings. The largest absolute Gasteiger partial charge is 0.421 e. The Morgan fingerprint density at radius 3 is 2.74 bits per heavy atom. The van der Waals surface area contributed by atoms with Gasteiger partial charge in [0.1, 0.15) is 30.1 Å². The van der Waals surface area contributed by atoms with Gasteiger partial charge in [0.05, 0.1) is 18.5 Å². The van der Waals surface area contributed by atoms with Crippen LogP contribution in [-0.4, -0.2) is 47.6 Å². The van der Waals surface area contributed by atoms with Gasteiger partial charge in [-0.1, -0.05) is 13.0 Å². The minimum atomic E-state index is -2.10. The number of halogens is 3. The van der Waals surface area contributed by atoms with Gasteiger partial charge in [-0.05, 0) is 17.8 Å². The molecule has 13 heteroatoms. The lowest BCUT2D eigenvalue weighted by atomic mass is 9.79. The molecule has 2 heterocycles. The molecule has 0 saturated heterocycles. The van der Waals surface area contributed by atoms with Crippen molar-refractivity contribution in [3.8, 4) is 0 Å². The molecule has 0 saturated carbocycles. The van der Waals surface area contributed by atoms with Gasteiger partial charge in [0.15, 0.2) is 5.82 Å². The second-order valence-corrected chi connectivity index (χ2v) is 8.49. The average Bonchev–Trinajstić information content (AvgIpc) is 3.25. The number of aromatic nitrogens is 5. The van der Waals surface area contributed by atoms with Gasteiger partial charge in [0, 0.05) is 35.3 Å². The number of rotatable bonds is 9. The van der Waals surface area contributed by atoms with E-state index in [1.807, 2.05) is 0 Å². The maximum absolute atomic E-state index is 14.8. The highest BCUT2D eigenvalue weighted by atomic mass is 32.2. The third kappa shape index (κ3) is 5.72. The molecular weight excluding hydrogens is 475 g/mol. The molecular formula is C21H23F3N5O4S+. The first-order chi connectivity index (χ1) is 16.2. The molecule has 0 aliphatic heterocycles. The number of aliphatic hydroxyl groups is 2. The topological polar surface area (TPSA) is 114 Å². The van der Waals surface area contributed by atoms with E-state index in [2.05, 4.69) is 15.1 Å². The van der Waals surface area contributed by atoms with E-state index in [1.54, 1.807) is 6.92 Å². The molecule has 0 radical (unpaired) electrons. The smallest absolute Gasteiger partial charge is 0.370 e. The number of nitrogens with zero attached hydrogens (tertiary/aromatic N) is 5. The zero-order valence-corrected chi connectivity index (χ0v) is 19.1. The van der Waals surface area contributed by atoms with Gasteiger partial charge in [0.2, 0.25) is 12.6 Å². The summed E-state index contributed by atoms with van der Waals surface area (Å²) in [6.07, 6.45) is 3.98. The Labute approximate surface area is 197 Å². The summed E-state index contributed by atoms with van der Waals surface area (Å²) in [5.41, 5.74) is -2.54. The Morgan fingerprint density at radius 1 is 1.29 bits per heavy atom. The molecule has 0 amide bonds. The second kappa shape index (κ2) is 10.9. The number of hydrogen-bond acceptors (Lipinski definition) is 8. The van der Waals surface area contributed by atoms with Crippen LogP contribution in [0.25, 0.3) is 0 Å². The maximum atomic E-state index is 14.8. The summed E-state index contributed by atoms with van der Waals surface area (Å²) in [5.74, 6) is -3.57. The van der Waals surface area contributed by atoms with Crippen LogP contribution >= 0.6 is 11.8 Å². The molecule has 3 aromatic rings. The number of carbonyl (C=O) groups excluding carboxylic acids is 1. The van der Waals surface area contributed by atoms with Gasteiger partial charge in [-0.15, -0.1) is 4.68 Å². The fourth-order valence-electron chi connectivity index (χ4n) is 3.38. The Bertz CT molecular complexity index is 1150. The quantitative estimate of drug-likeness (QED) is 0.342. The van der Waals surface area contributed by atoms with Crippen molar-refractivity contribution >= 4 is 17.1 Å². The number of hydrogen-bond donors (Lipinski definition) is 2. The summed E-state index contributed by atoms with van der Waals surface area (Å²) in [5, 5.41) is 24.0. The molecule has 0 aliphatic rings. The number of aliphatic hydroxyl groups excluding tert-OH is 1. The molecule has 2 aromatic heterocycles. The van der Waals surface area contributed by atoms with E-state index in [4.69, 9.17) is 9.84 Å². The minimum Gasteiger partial charge on any atom is -0.421 e. The summed E-state index contributed by atoms with van der Waals surface area (Å²) in [4.78, 5) is 19.3. The molecule has 0 bridgehead atoms. The Kier molecular flexibility index (Phi) is 8.23. The van der Waals surface area contributed by atoms with E-state index >= 15 is 0 Å². The highest BCUT2D eigenvalue weighted by Crippen LogP contribution is 2.39. The predicted octanol–water partition coefficient (Wildman–Crippen LogP) is 2.45. The lowest BCUT2D eigenvalue weighted by Crippen LogP contribution is -2.40. The van der Waals surface area contributed by atoms with Gasteiger partial charge in [-0.3, -0.25) is 0 Å². The van der Waals surface area contributed by atoms with E-state index in [1.165, 1.54) is 28.8 Å². The number of carbonyl (C=O) groups is 1. The lowest BCUT2D eigenvalue weighted by Gasteiger charge is -2.32. The van der Waals surface area contributed by atoms with Gasteiger partial charge < -0.3 is 14.9 Å². The molecule has 9 nitrogen and oxygen atoms in total.